The van der Waals surface area contributed by atoms with Crippen molar-refractivity contribution in [2.45, 2.75) is 152 Å². The molecule has 0 amide bonds. The second kappa shape index (κ2) is 28.8. The van der Waals surface area contributed by atoms with Crippen LogP contribution in [0, 0.1) is 0 Å². The molecule has 0 radical (unpaired) electrons. The van der Waals surface area contributed by atoms with E-state index in [9.17, 15) is 56.7 Å². The van der Waals surface area contributed by atoms with Crippen LogP contribution in [-0.4, -0.2) is 145 Å². The minimum Gasteiger partial charge on any atom is -0.744 e. The van der Waals surface area contributed by atoms with Crippen LogP contribution in [0.1, 0.15) is 127 Å². The number of carbonyl (C=O) groups is 1. The van der Waals surface area contributed by atoms with E-state index in [0.29, 0.717) is 48.3 Å². The molecule has 0 aliphatic carbocycles. The van der Waals surface area contributed by atoms with Crippen LogP contribution < -0.4 is 19.6 Å². The second-order valence-corrected chi connectivity index (χ2v) is 26.1. The summed E-state index contributed by atoms with van der Waals surface area (Å²) in [7, 11) is -20.3. The number of quaternary nitrogens is 3. The van der Waals surface area contributed by atoms with Gasteiger partial charge in [0.05, 0.1) is 89.9 Å². The van der Waals surface area contributed by atoms with E-state index in [0.717, 1.165) is 30.3 Å². The first-order valence-electron chi connectivity index (χ1n) is 27.2. The molecule has 0 fully saturated rings. The summed E-state index contributed by atoms with van der Waals surface area (Å²) in [6, 6.07) is 12.1. The SMILES string of the molecule is CC1(C)C(/C=C/C2N(c3cccc(S(=O)(=O)[O-])c3)c3cc(S(=O)(=O)[O-])c4cc(S(=O)(=O)[O-])ccc4c3C2(C)C)=[N+](CCCCCC(=O)O)c2ccc(S(=O)(=O)[O-])cc21.CC[NH+](CC)CC.CC[NH+](CC)CC.CC[NH+](CC)CC. The zero-order valence-electron chi connectivity index (χ0n) is 48.3. The fourth-order valence-electron chi connectivity index (χ4n) is 10.3. The lowest BCUT2D eigenvalue weighted by molar-refractivity contribution is -0.894. The summed E-state index contributed by atoms with van der Waals surface area (Å²) in [5, 5.41) is 8.90. The summed E-state index contributed by atoms with van der Waals surface area (Å²) in [6.45, 7) is 39.0. The maximum atomic E-state index is 12.8. The Bertz CT molecular complexity index is 3210. The van der Waals surface area contributed by atoms with Crippen molar-refractivity contribution >= 4 is 80.0 Å². The smallest absolute Gasteiger partial charge is 0.303 e. The van der Waals surface area contributed by atoms with Crippen LogP contribution in [-0.2, 0) is 56.1 Å². The average Bonchev–Trinajstić information content (AvgIpc) is 3.81. The number of rotatable bonds is 22. The molecule has 2 heterocycles. The van der Waals surface area contributed by atoms with Crippen molar-refractivity contribution in [2.24, 2.45) is 0 Å². The fraction of sp³-hybridized carbons (Fsp3) is 0.536. The highest BCUT2D eigenvalue weighted by atomic mass is 32.2. The number of allylic oxidation sites excluding steroid dienone is 1. The van der Waals surface area contributed by atoms with Gasteiger partial charge in [0.1, 0.15) is 47.0 Å². The second-order valence-electron chi connectivity index (χ2n) is 20.7. The van der Waals surface area contributed by atoms with Gasteiger partial charge in [-0.3, -0.25) is 4.79 Å². The van der Waals surface area contributed by atoms with Gasteiger partial charge in [0.25, 0.3) is 0 Å². The number of hydrogen-bond acceptors (Lipinski definition) is 14. The van der Waals surface area contributed by atoms with Crippen molar-refractivity contribution in [1.82, 2.24) is 0 Å². The third-order valence-electron chi connectivity index (χ3n) is 15.3. The number of nitrogens with zero attached hydrogens (tertiary/aromatic N) is 2. The third kappa shape index (κ3) is 17.4. The van der Waals surface area contributed by atoms with Crippen molar-refractivity contribution in [3.8, 4) is 0 Å². The number of carboxylic acids is 1. The Morgan fingerprint density at radius 1 is 0.595 bits per heavy atom. The minimum atomic E-state index is -5.36. The molecule has 4 aromatic carbocycles. The van der Waals surface area contributed by atoms with E-state index in [2.05, 4.69) is 62.3 Å². The number of anilines is 2. The monoisotopic (exact) mass is 1180 g/mol. The molecule has 0 saturated heterocycles. The number of benzene rings is 4. The molecular formula is C56H85N5O14S4. The van der Waals surface area contributed by atoms with Crippen LogP contribution in [0.4, 0.5) is 17.1 Å². The van der Waals surface area contributed by atoms with E-state index in [4.69, 9.17) is 5.11 Å². The maximum absolute atomic E-state index is 12.8. The number of fused-ring (bicyclic) bond motifs is 4. The predicted octanol–water partition coefficient (Wildman–Crippen LogP) is 4.32. The Hall–Kier alpha value is -4.66. The first-order chi connectivity index (χ1) is 36.7. The Balaban J connectivity index is 0.000000658. The number of carboxylic acid groups (broad SMARTS) is 1. The lowest BCUT2D eigenvalue weighted by Crippen LogP contribution is -3.11. The molecule has 442 valence electrons. The molecule has 1 atom stereocenters. The normalized spacial score (nSPS) is 15.9. The molecule has 0 aromatic heterocycles. The Morgan fingerprint density at radius 3 is 1.51 bits per heavy atom. The van der Waals surface area contributed by atoms with Crippen LogP contribution in [0.5, 0.6) is 0 Å². The van der Waals surface area contributed by atoms with Gasteiger partial charge in [-0.05, 0) is 148 Å². The molecule has 0 spiro atoms. The minimum absolute atomic E-state index is 0.0384. The number of unbranched alkanes of at least 4 members (excludes halogenated alkanes) is 2. The summed E-state index contributed by atoms with van der Waals surface area (Å²) < 4.78 is 149. The van der Waals surface area contributed by atoms with Crippen LogP contribution in [0.3, 0.4) is 0 Å². The van der Waals surface area contributed by atoms with Crippen LogP contribution >= 0.6 is 0 Å². The Kier molecular flexibility index (Phi) is 25.1. The fourth-order valence-corrected chi connectivity index (χ4v) is 12.5. The Labute approximate surface area is 471 Å². The van der Waals surface area contributed by atoms with Crippen molar-refractivity contribution in [1.29, 1.82) is 0 Å². The van der Waals surface area contributed by atoms with Crippen molar-refractivity contribution < 1.29 is 81.1 Å². The molecule has 19 nitrogen and oxygen atoms in total. The van der Waals surface area contributed by atoms with E-state index in [1.807, 2.05) is 18.4 Å². The van der Waals surface area contributed by atoms with Crippen LogP contribution in [0.25, 0.3) is 10.8 Å². The highest BCUT2D eigenvalue weighted by molar-refractivity contribution is 7.86. The molecule has 4 aromatic rings. The van der Waals surface area contributed by atoms with Gasteiger partial charge in [-0.1, -0.05) is 32.1 Å². The van der Waals surface area contributed by atoms with Gasteiger partial charge >= 0.3 is 5.97 Å². The van der Waals surface area contributed by atoms with E-state index in [1.54, 1.807) is 45.6 Å². The molecule has 6 rings (SSSR count). The van der Waals surface area contributed by atoms with Gasteiger partial charge in [0.15, 0.2) is 5.71 Å². The predicted molar refractivity (Wildman–Crippen MR) is 303 cm³/mol. The maximum Gasteiger partial charge on any atom is 0.303 e. The number of aliphatic carboxylic acids is 1. The van der Waals surface area contributed by atoms with Gasteiger partial charge in [0, 0.05) is 52.7 Å². The van der Waals surface area contributed by atoms with Gasteiger partial charge < -0.3 is 42.9 Å². The summed E-state index contributed by atoms with van der Waals surface area (Å²) in [6.07, 6.45) is 4.90. The van der Waals surface area contributed by atoms with E-state index in [-0.39, 0.29) is 28.6 Å². The molecule has 4 N–H and O–H groups in total. The number of hydrogen-bond donors (Lipinski definition) is 4. The van der Waals surface area contributed by atoms with Crippen LogP contribution in [0.2, 0.25) is 0 Å². The summed E-state index contributed by atoms with van der Waals surface area (Å²) in [5.74, 6) is -0.944. The standard InChI is InChI=1S/C38H40N2O14S4.3C6H15N/c1-37(2)29-21-26(57(49,50)51)13-15-30(29)39(18-7-5-6-11-35(41)42)33(37)16-17-34-38(3,4)36-27-14-12-25(56(46,47)48)20-28(27)32(58(52,53)54)22-31(36)40(34)23-9-8-10-24(19-23)55(43,44)45;3*1-4-7(5-2)6-3/h8-10,12-17,19-22,34H,5-7,11,18H2,1-4H3,(H4-,41,42,43,44,45,46,47,48,49,50,51,52,53,54);3*4-6H2,1-3H3/b17-16+;;;. The summed E-state index contributed by atoms with van der Waals surface area (Å²) >= 11 is 0. The quantitative estimate of drug-likeness (QED) is 0.0484. The van der Waals surface area contributed by atoms with Crippen LogP contribution in [0.15, 0.2) is 98.5 Å². The topological polar surface area (TPSA) is 286 Å². The van der Waals surface area contributed by atoms with E-state index < -0.39 is 82.9 Å². The highest BCUT2D eigenvalue weighted by Crippen LogP contribution is 2.54. The lowest BCUT2D eigenvalue weighted by Gasteiger charge is -2.33. The highest BCUT2D eigenvalue weighted by Gasteiger charge is 2.48. The summed E-state index contributed by atoms with van der Waals surface area (Å²) in [5.41, 5.74) is 0.229. The number of nitrogens with one attached hydrogen (secondary N) is 3. The molecule has 23 heteroatoms. The van der Waals surface area contributed by atoms with Crippen molar-refractivity contribution in [3.63, 3.8) is 0 Å². The first-order valence-corrected chi connectivity index (χ1v) is 32.9. The zero-order valence-corrected chi connectivity index (χ0v) is 51.5. The lowest BCUT2D eigenvalue weighted by atomic mass is 9.77. The molecular weight excluding hydrogens is 1090 g/mol. The van der Waals surface area contributed by atoms with Gasteiger partial charge in [-0.2, -0.15) is 4.58 Å². The van der Waals surface area contributed by atoms with Crippen molar-refractivity contribution in [2.75, 3.05) is 70.3 Å². The van der Waals surface area contributed by atoms with Crippen molar-refractivity contribution in [3.05, 3.63) is 90.0 Å². The van der Waals surface area contributed by atoms with Gasteiger partial charge in [-0.15, -0.1) is 0 Å². The third-order valence-corrected chi connectivity index (χ3v) is 18.6. The van der Waals surface area contributed by atoms with Gasteiger partial charge in [0.2, 0.25) is 5.69 Å². The van der Waals surface area contributed by atoms with Gasteiger partial charge in [-0.25, -0.2) is 33.7 Å². The van der Waals surface area contributed by atoms with E-state index >= 15 is 0 Å². The molecule has 2 aliphatic heterocycles. The molecule has 0 saturated carbocycles. The zero-order chi connectivity index (χ0) is 60.1. The first kappa shape index (κ1) is 68.6. The molecule has 2 aliphatic rings. The molecule has 1 unspecified atom stereocenters. The average molecular weight is 1180 g/mol. The largest absolute Gasteiger partial charge is 0.744 e. The molecule has 79 heavy (non-hydrogen) atoms. The molecule has 0 bridgehead atoms. The Morgan fingerprint density at radius 2 is 1.06 bits per heavy atom. The van der Waals surface area contributed by atoms with E-state index in [1.165, 1.54) is 95.3 Å². The summed E-state index contributed by atoms with van der Waals surface area (Å²) in [4.78, 5) is 15.0.